The molecule has 0 aliphatic carbocycles. The zero-order valence-corrected chi connectivity index (χ0v) is 79.5. The maximum atomic E-state index is 15.8. The van der Waals surface area contributed by atoms with Crippen LogP contribution in [0.3, 0.4) is 0 Å². The number of rotatable bonds is 27. The van der Waals surface area contributed by atoms with Gasteiger partial charge in [-0.1, -0.05) is 102 Å². The number of aromatic amines is 3. The van der Waals surface area contributed by atoms with Crippen molar-refractivity contribution >= 4 is 140 Å². The van der Waals surface area contributed by atoms with Gasteiger partial charge in [0.2, 0.25) is 100 Å². The lowest BCUT2D eigenvalue weighted by molar-refractivity contribution is -0.149. The molecule has 46 heteroatoms. The van der Waals surface area contributed by atoms with Gasteiger partial charge < -0.3 is 131 Å². The highest BCUT2D eigenvalue weighted by Gasteiger charge is 2.47. The average molecular weight is 1940 g/mol. The smallest absolute Gasteiger partial charge is 0.248 e. The molecule has 3 aromatic heterocycles. The Morgan fingerprint density at radius 3 is 1.71 bits per heavy atom. The minimum atomic E-state index is -1.89. The number of para-hydroxylation sites is 2. The Balaban J connectivity index is 1.11. The Morgan fingerprint density at radius 2 is 1.12 bits per heavy atom. The number of benzene rings is 3. The van der Waals surface area contributed by atoms with Crippen LogP contribution in [-0.2, 0) is 102 Å². The summed E-state index contributed by atoms with van der Waals surface area (Å²) in [5.41, 5.74) is 25.4. The summed E-state index contributed by atoms with van der Waals surface area (Å²) in [6.45, 7) is 6.16. The first-order chi connectivity index (χ1) is 65.7. The van der Waals surface area contributed by atoms with E-state index in [1.807, 2.05) is 13.8 Å². The Hall–Kier alpha value is -13.6. The number of carbonyl (C=O) groups is 17. The molecule has 0 saturated carbocycles. The maximum absolute atomic E-state index is 15.8. The van der Waals surface area contributed by atoms with Gasteiger partial charge in [-0.25, -0.2) is 4.98 Å². The second-order valence-corrected chi connectivity index (χ2v) is 36.6. The third-order valence-electron chi connectivity index (χ3n) is 24.8. The molecule has 3 aliphatic heterocycles. The highest BCUT2D eigenvalue weighted by Crippen LogP contribution is 2.29. The Kier molecular flexibility index (Phi) is 40.4. The largest absolute Gasteiger partial charge is 0.394 e. The summed E-state index contributed by atoms with van der Waals surface area (Å²) < 4.78 is 0. The summed E-state index contributed by atoms with van der Waals surface area (Å²) >= 11 is 0.748. The number of likely N-dealkylation sites (N-methyl/N-ethyl adjacent to an activating group) is 3. The molecule has 26 N–H and O–H groups in total. The van der Waals surface area contributed by atoms with Crippen LogP contribution in [0.2, 0.25) is 0 Å². The number of fused-ring (bicyclic) bond motifs is 4. The molecule has 17 amide bonds. The number of guanidine groups is 1. The molecule has 16 atom stereocenters. The molecule has 3 fully saturated rings. The Bertz CT molecular complexity index is 5310. The second-order valence-electron chi connectivity index (χ2n) is 35.5. The average Bonchev–Trinajstić information content (AvgIpc) is 1.59. The van der Waals surface area contributed by atoms with Crippen molar-refractivity contribution in [1.29, 1.82) is 5.41 Å². The van der Waals surface area contributed by atoms with Gasteiger partial charge in [-0.05, 0) is 105 Å². The van der Waals surface area contributed by atoms with E-state index in [-0.39, 0.29) is 108 Å². The summed E-state index contributed by atoms with van der Waals surface area (Å²) in [6, 6.07) is -1.91. The van der Waals surface area contributed by atoms with Gasteiger partial charge in [0.1, 0.15) is 78.7 Å². The molecule has 9 rings (SSSR count). The molecule has 0 spiro atoms. The van der Waals surface area contributed by atoms with Crippen molar-refractivity contribution in [1.82, 2.24) is 103 Å². The molecule has 0 radical (unpaired) electrons. The van der Waals surface area contributed by atoms with Crippen LogP contribution in [0.4, 0.5) is 0 Å². The first-order valence-corrected chi connectivity index (χ1v) is 47.4. The lowest BCUT2D eigenvalue weighted by Gasteiger charge is -2.36. The van der Waals surface area contributed by atoms with E-state index in [1.165, 1.54) is 69.8 Å². The van der Waals surface area contributed by atoms with Crippen LogP contribution in [0, 0.1) is 11.3 Å². The number of amides is 17. The molecule has 3 aromatic carbocycles. The molecule has 750 valence electrons. The molecular weight excluding hydrogens is 1810 g/mol. The van der Waals surface area contributed by atoms with Gasteiger partial charge >= 0.3 is 0 Å². The number of nitrogens with one attached hydrogen (secondary N) is 15. The first-order valence-electron chi connectivity index (χ1n) is 46.2. The second kappa shape index (κ2) is 51.5. The SMILES string of the molecule is CCCC[C@H]1C(=O)N(C)[C@@H](CCCC)C(=O)N[C@@H](CCCNC(=N)N)C(=O)N[C@H](C(=O)NCC(N)=O)CSCC(=O)N[C@@H](Cc2ccc(C(N)=O)cc2)C(=O)N(C)[C@@H](C)C(=O)NC(CC(N)=O)C(=O)N2CCC[C@H]2C(=O)N[C@@H](Cc2cnc[nH]2)C(=O)N[C@@H](CC(C)C)C(O)N2C[C@H](O)CC2C(=O)N[C@@H](Cc2c[nH]c3ccccc23)C(=O)N[C@@H](CO)C(=O)N[C@@H](Cc2c[nH]c3ccccc23)C(=O)N1C. The van der Waals surface area contributed by atoms with E-state index in [0.29, 0.717) is 69.9 Å². The quantitative estimate of drug-likeness (QED) is 0.0134. The minimum Gasteiger partial charge on any atom is -0.394 e. The minimum absolute atomic E-state index is 0.000361. The lowest BCUT2D eigenvalue weighted by Crippen LogP contribution is -2.62. The lowest BCUT2D eigenvalue weighted by atomic mass is 9.99. The van der Waals surface area contributed by atoms with Gasteiger partial charge in [0.05, 0.1) is 49.8 Å². The topological polar surface area (TPSA) is 688 Å². The van der Waals surface area contributed by atoms with Crippen LogP contribution in [0.25, 0.3) is 21.8 Å². The van der Waals surface area contributed by atoms with Gasteiger partial charge in [-0.3, -0.25) is 91.8 Å². The molecule has 0 bridgehead atoms. The normalized spacial score (nSPS) is 25.1. The summed E-state index contributed by atoms with van der Waals surface area (Å²) in [5.74, 6) is -17.8. The highest BCUT2D eigenvalue weighted by molar-refractivity contribution is 8.00. The summed E-state index contributed by atoms with van der Waals surface area (Å²) in [5, 5.41) is 73.9. The summed E-state index contributed by atoms with van der Waals surface area (Å²) in [4.78, 5) is 267. The van der Waals surface area contributed by atoms with Crippen molar-refractivity contribution in [3.63, 3.8) is 0 Å². The molecule has 6 heterocycles. The number of hydrogen-bond donors (Lipinski definition) is 22. The summed E-state index contributed by atoms with van der Waals surface area (Å²) in [6.07, 6.45) is 2.05. The number of primary amides is 3. The number of nitrogens with two attached hydrogens (primary N) is 4. The van der Waals surface area contributed by atoms with Gasteiger partial charge in [-0.15, -0.1) is 11.8 Å². The van der Waals surface area contributed by atoms with E-state index in [0.717, 1.165) is 31.4 Å². The molecular formula is C92H131N25O20S. The number of aliphatic hydroxyl groups is 3. The van der Waals surface area contributed by atoms with Crippen LogP contribution in [0.1, 0.15) is 151 Å². The highest BCUT2D eigenvalue weighted by atomic mass is 32.2. The van der Waals surface area contributed by atoms with E-state index >= 15 is 33.6 Å². The fraction of sp³-hybridized carbons (Fsp3) is 0.533. The maximum Gasteiger partial charge on any atom is 0.248 e. The van der Waals surface area contributed by atoms with Gasteiger partial charge in [0, 0.05) is 124 Å². The van der Waals surface area contributed by atoms with E-state index in [9.17, 15) is 63.3 Å². The molecule has 138 heavy (non-hydrogen) atoms. The van der Waals surface area contributed by atoms with Crippen LogP contribution in [0.5, 0.6) is 0 Å². The monoisotopic (exact) mass is 1940 g/mol. The molecule has 3 saturated heterocycles. The third-order valence-corrected chi connectivity index (χ3v) is 25.8. The van der Waals surface area contributed by atoms with Crippen LogP contribution in [0.15, 0.2) is 97.7 Å². The number of nitrogens with zero attached hydrogens (tertiary/aromatic N) is 6. The Morgan fingerprint density at radius 1 is 0.565 bits per heavy atom. The predicted molar refractivity (Wildman–Crippen MR) is 508 cm³/mol. The van der Waals surface area contributed by atoms with Crippen molar-refractivity contribution in [2.75, 3.05) is 65.4 Å². The number of aromatic nitrogens is 4. The number of H-pyrrole nitrogens is 3. The molecule has 3 unspecified atom stereocenters. The van der Waals surface area contributed by atoms with Gasteiger partial charge in [0.25, 0.3) is 0 Å². The number of aliphatic hydroxyl groups excluding tert-OH is 3. The van der Waals surface area contributed by atoms with Gasteiger partial charge in [-0.2, -0.15) is 0 Å². The summed E-state index contributed by atoms with van der Waals surface area (Å²) in [7, 11) is 3.89. The molecule has 45 nitrogen and oxygen atoms in total. The van der Waals surface area contributed by atoms with Crippen molar-refractivity contribution in [2.45, 2.75) is 241 Å². The van der Waals surface area contributed by atoms with Crippen LogP contribution >= 0.6 is 11.8 Å². The van der Waals surface area contributed by atoms with Crippen molar-refractivity contribution in [3.05, 3.63) is 126 Å². The number of imidazole rings is 1. The van der Waals surface area contributed by atoms with Crippen molar-refractivity contribution in [2.24, 2.45) is 28.9 Å². The van der Waals surface area contributed by atoms with E-state index in [4.69, 9.17) is 28.3 Å². The number of thioether (sulfide) groups is 1. The number of hydrogen-bond acceptors (Lipinski definition) is 24. The van der Waals surface area contributed by atoms with Crippen molar-refractivity contribution < 1.29 is 96.8 Å². The zero-order valence-electron chi connectivity index (χ0n) is 78.7. The van der Waals surface area contributed by atoms with E-state index in [2.05, 4.69) is 78.4 Å². The fourth-order valence-corrected chi connectivity index (χ4v) is 18.0. The zero-order chi connectivity index (χ0) is 101. The van der Waals surface area contributed by atoms with Crippen LogP contribution < -0.4 is 81.4 Å². The fourth-order valence-electron chi connectivity index (χ4n) is 17.2. The Labute approximate surface area is 801 Å². The first kappa shape index (κ1) is 108. The van der Waals surface area contributed by atoms with E-state index in [1.54, 1.807) is 74.8 Å². The third kappa shape index (κ3) is 30.0. The number of unbranched alkanes of at least 4 members (excludes halogenated alkanes) is 2. The van der Waals surface area contributed by atoms with Crippen LogP contribution in [-0.4, -0.2) is 328 Å². The number of carbonyl (C=O) groups excluding carboxylic acids is 17. The van der Waals surface area contributed by atoms with Gasteiger partial charge in [0.15, 0.2) is 5.96 Å². The molecule has 6 aromatic rings. The van der Waals surface area contributed by atoms with E-state index < -0.39 is 234 Å². The standard InChI is InChI=1S/C92H131N25O20S/c1-9-11-24-70-84(130)105-61(23-17-31-99-92(96)97)80(126)112-69(79(125)102-43-75(94)121)46-138-47-76(122)104-65(34-51-27-29-52(30-28-51)77(95)123)87(133)113(6)50(5)78(124)108-67(39-74(93)120)89(135)116-32-18-26-71(116)85(131)107-63(37-55-42-98-48-103-55)82(128)109-64(33-49(3)4)90(136)117-44-56(119)38-73(117)86(132)106-62(35-53-40-100-59-21-15-13-19-57(53)59)81(127)111-68(45-118)83(129)110-66(36-54-41-101-60-22-16-14-20-58(54)60)88(134)115(8)72(25-12-10-2)91(137)114(70)7/h13-16,19-22,27-30,40-42,48-50,56,61-73,90,100-101,118-119,136H,9-12,17-18,23-26,31-39,43-47H2,1-8H3,(H2,93,120)(H2,94,121)(H2,95,123)(H,98,103)(H,102,125)(H,104,122)(H,105,130)(H,106,132)(H,107,131)(H,108,124)(H,109,128)(H,110,129)(H,111,127)(H,112,126)(H4,96,97,99)/t50-,56+,61-,62-,63-,64-,65-,66-,67?,68-,69-,70-,71-,72-,73?,90?/m0/s1. The predicted octanol–water partition coefficient (Wildman–Crippen LogP) is -3.74. The van der Waals surface area contributed by atoms with Crippen molar-refractivity contribution in [3.8, 4) is 0 Å². The molecule has 3 aliphatic rings.